The van der Waals surface area contributed by atoms with Gasteiger partial charge in [-0.05, 0) is 55.8 Å². The standard InChI is InChI=1S/C23H21FN2O5S/c1-23(2)21(28)26(15-4-7-17(8-5-15)32-13-24)22(29)25(23)12-14-10-20(27)31-19-11-16(30-3)6-9-18(14)19/h4-11H,12-13H2,1-3H3. The lowest BCUT2D eigenvalue weighted by Crippen LogP contribution is -2.43. The average molecular weight is 456 g/mol. The van der Waals surface area contributed by atoms with Crippen LogP contribution < -0.4 is 15.3 Å². The number of hydrogen-bond donors (Lipinski definition) is 0. The van der Waals surface area contributed by atoms with Crippen molar-refractivity contribution in [2.75, 3.05) is 18.0 Å². The Kier molecular flexibility index (Phi) is 5.68. The molecule has 0 atom stereocenters. The third-order valence-electron chi connectivity index (χ3n) is 5.51. The Morgan fingerprint density at radius 2 is 1.78 bits per heavy atom. The molecule has 166 valence electrons. The number of rotatable bonds is 6. The molecule has 0 spiro atoms. The van der Waals surface area contributed by atoms with Crippen LogP contribution in [0.3, 0.4) is 0 Å². The van der Waals surface area contributed by atoms with Crippen molar-refractivity contribution in [1.29, 1.82) is 0 Å². The van der Waals surface area contributed by atoms with E-state index in [1.165, 1.54) is 18.1 Å². The van der Waals surface area contributed by atoms with E-state index < -0.39 is 23.2 Å². The normalized spacial score (nSPS) is 15.6. The number of alkyl halides is 1. The van der Waals surface area contributed by atoms with Crippen molar-refractivity contribution in [3.63, 3.8) is 0 Å². The number of hydrogen-bond acceptors (Lipinski definition) is 6. The molecule has 1 aromatic heterocycles. The minimum Gasteiger partial charge on any atom is -0.497 e. The van der Waals surface area contributed by atoms with Crippen LogP contribution in [0.4, 0.5) is 14.9 Å². The number of anilines is 1. The molecule has 3 amide bonds. The molecule has 32 heavy (non-hydrogen) atoms. The summed E-state index contributed by atoms with van der Waals surface area (Å²) < 4.78 is 23.0. The summed E-state index contributed by atoms with van der Waals surface area (Å²) in [6, 6.07) is 11.9. The molecular formula is C23H21FN2O5S. The Balaban J connectivity index is 1.71. The van der Waals surface area contributed by atoms with Crippen molar-refractivity contribution in [2.24, 2.45) is 0 Å². The smallest absolute Gasteiger partial charge is 0.336 e. The number of urea groups is 1. The zero-order valence-electron chi connectivity index (χ0n) is 17.8. The lowest BCUT2D eigenvalue weighted by atomic mass is 10.0. The molecule has 1 aliphatic rings. The second-order valence-electron chi connectivity index (χ2n) is 7.77. The number of ether oxygens (including phenoxy) is 1. The van der Waals surface area contributed by atoms with Gasteiger partial charge < -0.3 is 14.1 Å². The maximum Gasteiger partial charge on any atom is 0.336 e. The van der Waals surface area contributed by atoms with Crippen LogP contribution in [0.5, 0.6) is 5.75 Å². The number of fused-ring (bicyclic) bond motifs is 1. The van der Waals surface area contributed by atoms with Crippen molar-refractivity contribution in [1.82, 2.24) is 4.90 Å². The molecule has 0 bridgehead atoms. The molecule has 4 rings (SSSR count). The topological polar surface area (TPSA) is 80.1 Å². The van der Waals surface area contributed by atoms with Gasteiger partial charge in [-0.25, -0.2) is 18.9 Å². The second-order valence-corrected chi connectivity index (χ2v) is 8.75. The molecule has 0 saturated carbocycles. The number of halogens is 1. The summed E-state index contributed by atoms with van der Waals surface area (Å²) in [6.45, 7) is 3.37. The summed E-state index contributed by atoms with van der Waals surface area (Å²) in [6.07, 6.45) is 0. The van der Waals surface area contributed by atoms with Crippen molar-refractivity contribution >= 4 is 40.4 Å². The molecule has 0 aliphatic carbocycles. The highest BCUT2D eigenvalue weighted by atomic mass is 32.2. The van der Waals surface area contributed by atoms with E-state index in [4.69, 9.17) is 9.15 Å². The van der Waals surface area contributed by atoms with Crippen LogP contribution >= 0.6 is 11.8 Å². The third-order valence-corrected chi connectivity index (χ3v) is 6.22. The number of thioether (sulfide) groups is 1. The first-order valence-corrected chi connectivity index (χ1v) is 10.8. The Morgan fingerprint density at radius 1 is 1.06 bits per heavy atom. The molecule has 3 aromatic rings. The molecule has 0 N–H and O–H groups in total. The first-order valence-electron chi connectivity index (χ1n) is 9.82. The first kappa shape index (κ1) is 21.9. The van der Waals surface area contributed by atoms with Gasteiger partial charge in [0.15, 0.2) is 0 Å². The van der Waals surface area contributed by atoms with Crippen molar-refractivity contribution < 1.29 is 23.1 Å². The van der Waals surface area contributed by atoms with Gasteiger partial charge in [-0.1, -0.05) is 11.8 Å². The minimum atomic E-state index is -1.14. The Bertz CT molecular complexity index is 1260. The number of benzene rings is 2. The number of carbonyl (C=O) groups is 2. The fourth-order valence-corrected chi connectivity index (χ4v) is 4.18. The number of nitrogens with zero attached hydrogens (tertiary/aromatic N) is 2. The monoisotopic (exact) mass is 456 g/mol. The first-order chi connectivity index (χ1) is 15.3. The molecule has 1 fully saturated rings. The molecule has 2 aromatic carbocycles. The zero-order valence-corrected chi connectivity index (χ0v) is 18.6. The molecular weight excluding hydrogens is 435 g/mol. The fraction of sp³-hybridized carbons (Fsp3) is 0.261. The highest BCUT2D eigenvalue weighted by molar-refractivity contribution is 7.99. The SMILES string of the molecule is COc1ccc2c(CN3C(=O)N(c4ccc(SCF)cc4)C(=O)C3(C)C)cc(=O)oc2c1. The van der Waals surface area contributed by atoms with Crippen molar-refractivity contribution in [3.8, 4) is 5.75 Å². The van der Waals surface area contributed by atoms with E-state index in [1.54, 1.807) is 56.3 Å². The summed E-state index contributed by atoms with van der Waals surface area (Å²) in [5.41, 5.74) is -0.404. The van der Waals surface area contributed by atoms with Crippen molar-refractivity contribution in [2.45, 2.75) is 30.8 Å². The molecule has 1 saturated heterocycles. The minimum absolute atomic E-state index is 0.0400. The molecule has 7 nitrogen and oxygen atoms in total. The zero-order chi connectivity index (χ0) is 23.0. The Labute approximate surface area is 187 Å². The Hall–Kier alpha value is -3.33. The van der Waals surface area contributed by atoms with E-state index >= 15 is 0 Å². The largest absolute Gasteiger partial charge is 0.497 e. The van der Waals surface area contributed by atoms with Crippen LogP contribution in [0.25, 0.3) is 11.0 Å². The van der Waals surface area contributed by atoms with E-state index in [-0.39, 0.29) is 12.5 Å². The van der Waals surface area contributed by atoms with Gasteiger partial charge in [0.25, 0.3) is 5.91 Å². The highest BCUT2D eigenvalue weighted by Crippen LogP contribution is 2.35. The van der Waals surface area contributed by atoms with Gasteiger partial charge in [-0.2, -0.15) is 0 Å². The molecule has 1 aliphatic heterocycles. The summed E-state index contributed by atoms with van der Waals surface area (Å²) in [5, 5.41) is 0.646. The lowest BCUT2D eigenvalue weighted by Gasteiger charge is -2.28. The summed E-state index contributed by atoms with van der Waals surface area (Å²) >= 11 is 1.02. The quantitative estimate of drug-likeness (QED) is 0.307. The van der Waals surface area contributed by atoms with E-state index in [0.29, 0.717) is 32.9 Å². The van der Waals surface area contributed by atoms with Gasteiger partial charge in [-0.15, -0.1) is 0 Å². The molecule has 9 heteroatoms. The van der Waals surface area contributed by atoms with E-state index in [9.17, 15) is 18.8 Å². The fourth-order valence-electron chi connectivity index (χ4n) is 3.72. The maximum atomic E-state index is 13.3. The maximum absolute atomic E-state index is 13.3. The highest BCUT2D eigenvalue weighted by Gasteiger charge is 2.51. The van der Waals surface area contributed by atoms with Gasteiger partial charge in [-0.3, -0.25) is 4.79 Å². The van der Waals surface area contributed by atoms with Gasteiger partial charge in [0, 0.05) is 29.0 Å². The van der Waals surface area contributed by atoms with E-state index in [1.807, 2.05) is 0 Å². The van der Waals surface area contributed by atoms with Crippen LogP contribution in [0.15, 0.2) is 62.6 Å². The third kappa shape index (κ3) is 3.73. The number of amides is 3. The van der Waals surface area contributed by atoms with Gasteiger partial charge >= 0.3 is 11.7 Å². The number of imide groups is 1. The average Bonchev–Trinajstić information content (AvgIpc) is 2.93. The second kappa shape index (κ2) is 8.31. The van der Waals surface area contributed by atoms with Crippen molar-refractivity contribution in [3.05, 3.63) is 64.5 Å². The number of methoxy groups -OCH3 is 1. The molecule has 0 radical (unpaired) electrons. The lowest BCUT2D eigenvalue weighted by molar-refractivity contribution is -0.123. The Morgan fingerprint density at radius 3 is 2.44 bits per heavy atom. The van der Waals surface area contributed by atoms with Crippen LogP contribution in [0.1, 0.15) is 19.4 Å². The summed E-state index contributed by atoms with van der Waals surface area (Å²) in [4.78, 5) is 41.9. The molecule has 2 heterocycles. The number of carbonyl (C=O) groups excluding carboxylic acids is 2. The van der Waals surface area contributed by atoms with Gasteiger partial charge in [0.2, 0.25) is 0 Å². The summed E-state index contributed by atoms with van der Waals surface area (Å²) in [5.74, 6) is 0.147. The predicted molar refractivity (Wildman–Crippen MR) is 120 cm³/mol. The van der Waals surface area contributed by atoms with Crippen LogP contribution in [-0.2, 0) is 11.3 Å². The van der Waals surface area contributed by atoms with Crippen LogP contribution in [0, 0.1) is 0 Å². The van der Waals surface area contributed by atoms with E-state index in [2.05, 4.69) is 0 Å². The van der Waals surface area contributed by atoms with E-state index in [0.717, 1.165) is 16.7 Å². The predicted octanol–water partition coefficient (Wildman–Crippen LogP) is 4.57. The van der Waals surface area contributed by atoms with Gasteiger partial charge in [0.05, 0.1) is 12.8 Å². The summed E-state index contributed by atoms with van der Waals surface area (Å²) in [7, 11) is 1.51. The molecule has 0 unspecified atom stereocenters. The van der Waals surface area contributed by atoms with Crippen LogP contribution in [0.2, 0.25) is 0 Å². The van der Waals surface area contributed by atoms with Gasteiger partial charge in [0.1, 0.15) is 22.9 Å². The van der Waals surface area contributed by atoms with Crippen LogP contribution in [-0.4, -0.2) is 35.5 Å².